The number of carbonyl (C=O) groups is 3. The highest BCUT2D eigenvalue weighted by molar-refractivity contribution is 6.02. The Morgan fingerprint density at radius 3 is 2.17 bits per heavy atom. The lowest BCUT2D eigenvalue weighted by Crippen LogP contribution is -2.33. The van der Waals surface area contributed by atoms with Crippen molar-refractivity contribution in [3.63, 3.8) is 0 Å². The van der Waals surface area contributed by atoms with Crippen molar-refractivity contribution in [3.05, 3.63) is 119 Å². The molecular formula is C35H33F2N7O3. The van der Waals surface area contributed by atoms with Crippen LogP contribution in [0.25, 0.3) is 16.9 Å². The predicted molar refractivity (Wildman–Crippen MR) is 176 cm³/mol. The fourth-order valence-corrected chi connectivity index (χ4v) is 4.95. The number of pyridine rings is 1. The quantitative estimate of drug-likeness (QED) is 0.182. The molecule has 0 aliphatic carbocycles. The highest BCUT2D eigenvalue weighted by atomic mass is 19.1. The zero-order chi connectivity index (χ0) is 34.0. The van der Waals surface area contributed by atoms with E-state index in [1.54, 1.807) is 28.9 Å². The van der Waals surface area contributed by atoms with Crippen LogP contribution in [0.3, 0.4) is 0 Å². The van der Waals surface area contributed by atoms with E-state index in [1.165, 1.54) is 12.1 Å². The summed E-state index contributed by atoms with van der Waals surface area (Å²) in [4.78, 5) is 43.1. The zero-order valence-electron chi connectivity index (χ0n) is 26.2. The Morgan fingerprint density at radius 2 is 1.55 bits per heavy atom. The largest absolute Gasteiger partial charge is 0.366 e. The Balaban J connectivity index is 1.48. The molecule has 47 heavy (non-hydrogen) atoms. The molecule has 0 fully saturated rings. The number of nitrogens with two attached hydrogens (primary N) is 2. The Bertz CT molecular complexity index is 1980. The summed E-state index contributed by atoms with van der Waals surface area (Å²) in [6.07, 6.45) is -0.0583. The van der Waals surface area contributed by atoms with Gasteiger partial charge in [0.1, 0.15) is 29.0 Å². The third-order valence-corrected chi connectivity index (χ3v) is 7.35. The number of amides is 4. The molecule has 5 rings (SSSR count). The van der Waals surface area contributed by atoms with Crippen LogP contribution in [0.15, 0.2) is 84.9 Å². The highest BCUT2D eigenvalue weighted by Crippen LogP contribution is 2.33. The number of hydrogen-bond acceptors (Lipinski definition) is 5. The Labute approximate surface area is 270 Å². The van der Waals surface area contributed by atoms with Gasteiger partial charge < -0.3 is 16.8 Å². The van der Waals surface area contributed by atoms with E-state index in [0.29, 0.717) is 21.8 Å². The predicted octanol–water partition coefficient (Wildman–Crippen LogP) is 6.32. The first-order valence-corrected chi connectivity index (χ1v) is 14.6. The maximum absolute atomic E-state index is 14.7. The first-order chi connectivity index (χ1) is 22.2. The lowest BCUT2D eigenvalue weighted by molar-refractivity contribution is -0.115. The molecule has 0 unspecified atom stereocenters. The molecule has 5 N–H and O–H groups in total. The van der Waals surface area contributed by atoms with Crippen molar-refractivity contribution in [1.82, 2.24) is 14.8 Å². The summed E-state index contributed by atoms with van der Waals surface area (Å²) in [5.74, 6) is -3.00. The number of anilines is 3. The van der Waals surface area contributed by atoms with Crippen LogP contribution in [-0.2, 0) is 16.6 Å². The number of nitrogens with zero attached hydrogens (tertiary/aromatic N) is 4. The fourth-order valence-electron chi connectivity index (χ4n) is 4.95. The van der Waals surface area contributed by atoms with Crippen molar-refractivity contribution in [2.24, 2.45) is 11.5 Å². The first kappa shape index (κ1) is 32.5. The molecule has 5 aromatic rings. The van der Waals surface area contributed by atoms with Gasteiger partial charge in [-0.1, -0.05) is 62.7 Å². The highest BCUT2D eigenvalue weighted by Gasteiger charge is 2.26. The number of aromatic nitrogens is 3. The number of urea groups is 1. The number of primary amides is 2. The number of benzene rings is 3. The molecule has 0 spiro atoms. The second-order valence-corrected chi connectivity index (χ2v) is 12.0. The average Bonchev–Trinajstić information content (AvgIpc) is 3.43. The second kappa shape index (κ2) is 12.8. The lowest BCUT2D eigenvalue weighted by Gasteiger charge is -2.22. The van der Waals surface area contributed by atoms with Crippen molar-refractivity contribution < 1.29 is 23.2 Å². The molecule has 0 aliphatic rings. The standard InChI is InChI=1S/C35H33F2N7O3/c1-20-11-13-23(14-12-20)44-29(19-27(42-44)35(2,3)4)40-30(45)18-21-7-5-8-22(17-21)31-24(33(38)46)15-16-28(41-31)43(34(39)47)32-25(36)9-6-10-26(32)37/h5-17,19H,18H2,1-4H3,(H2,38,46)(H2,39,47)(H,40,45). The Morgan fingerprint density at radius 1 is 0.894 bits per heavy atom. The normalized spacial score (nSPS) is 11.3. The molecule has 0 radical (unpaired) electrons. The maximum Gasteiger partial charge on any atom is 0.325 e. The third-order valence-electron chi connectivity index (χ3n) is 7.35. The van der Waals surface area contributed by atoms with E-state index in [9.17, 15) is 23.2 Å². The van der Waals surface area contributed by atoms with Crippen molar-refractivity contribution in [2.45, 2.75) is 39.5 Å². The van der Waals surface area contributed by atoms with E-state index < -0.39 is 29.3 Å². The number of nitrogens with one attached hydrogen (secondary N) is 1. The molecule has 240 valence electrons. The van der Waals surface area contributed by atoms with Crippen molar-refractivity contribution in [2.75, 3.05) is 10.2 Å². The molecule has 0 atom stereocenters. The average molecular weight is 638 g/mol. The number of halogens is 2. The third kappa shape index (κ3) is 7.01. The minimum Gasteiger partial charge on any atom is -0.366 e. The van der Waals surface area contributed by atoms with E-state index >= 15 is 0 Å². The molecule has 0 saturated carbocycles. The summed E-state index contributed by atoms with van der Waals surface area (Å²) in [6.45, 7) is 8.08. The van der Waals surface area contributed by atoms with Gasteiger partial charge in [-0.15, -0.1) is 0 Å². The van der Waals surface area contributed by atoms with Crippen molar-refractivity contribution >= 4 is 35.2 Å². The van der Waals surface area contributed by atoms with E-state index in [0.717, 1.165) is 35.1 Å². The molecule has 3 aromatic carbocycles. The summed E-state index contributed by atoms with van der Waals surface area (Å²) < 4.78 is 31.0. The lowest BCUT2D eigenvalue weighted by atomic mass is 9.92. The van der Waals surface area contributed by atoms with Gasteiger partial charge in [0, 0.05) is 17.0 Å². The SMILES string of the molecule is Cc1ccc(-n2nc(C(C)(C)C)cc2NC(=O)Cc2cccc(-c3nc(N(C(N)=O)c4c(F)cccc4F)ccc3C(N)=O)c2)cc1. The van der Waals surface area contributed by atoms with Crippen LogP contribution in [0, 0.1) is 18.6 Å². The van der Waals surface area contributed by atoms with Gasteiger partial charge in [0.2, 0.25) is 5.91 Å². The van der Waals surface area contributed by atoms with Gasteiger partial charge >= 0.3 is 6.03 Å². The van der Waals surface area contributed by atoms with Gasteiger partial charge in [-0.05, 0) is 55.0 Å². The Kier molecular flexibility index (Phi) is 8.87. The smallest absolute Gasteiger partial charge is 0.325 e. The van der Waals surface area contributed by atoms with E-state index in [2.05, 4.69) is 10.3 Å². The zero-order valence-corrected chi connectivity index (χ0v) is 26.2. The van der Waals surface area contributed by atoms with Crippen LogP contribution in [0.1, 0.15) is 48.0 Å². The summed E-state index contributed by atoms with van der Waals surface area (Å²) in [6, 6.07) is 20.6. The molecule has 12 heteroatoms. The van der Waals surface area contributed by atoms with Crippen LogP contribution in [0.4, 0.5) is 30.9 Å². The van der Waals surface area contributed by atoms with Crippen LogP contribution in [0.5, 0.6) is 0 Å². The number of hydrogen-bond donors (Lipinski definition) is 3. The molecule has 2 aromatic heterocycles. The summed E-state index contributed by atoms with van der Waals surface area (Å²) >= 11 is 0. The molecule has 0 aliphatic heterocycles. The van der Waals surface area contributed by atoms with Crippen LogP contribution in [0.2, 0.25) is 0 Å². The maximum atomic E-state index is 14.7. The van der Waals surface area contributed by atoms with Gasteiger partial charge in [0.05, 0.1) is 29.1 Å². The van der Waals surface area contributed by atoms with Crippen molar-refractivity contribution in [1.29, 1.82) is 0 Å². The van der Waals surface area contributed by atoms with E-state index in [4.69, 9.17) is 16.6 Å². The van der Waals surface area contributed by atoms with Gasteiger partial charge in [-0.3, -0.25) is 9.59 Å². The molecule has 10 nitrogen and oxygen atoms in total. The van der Waals surface area contributed by atoms with Crippen LogP contribution >= 0.6 is 0 Å². The van der Waals surface area contributed by atoms with Gasteiger partial charge in [0.15, 0.2) is 0 Å². The molecule has 4 amide bonds. The van der Waals surface area contributed by atoms with Gasteiger partial charge in [-0.25, -0.2) is 28.1 Å². The van der Waals surface area contributed by atoms with Crippen LogP contribution in [-0.4, -0.2) is 32.6 Å². The number of carbonyl (C=O) groups excluding carboxylic acids is 3. The second-order valence-electron chi connectivity index (χ2n) is 12.0. The molecule has 0 saturated heterocycles. The minimum atomic E-state index is -1.20. The first-order valence-electron chi connectivity index (χ1n) is 14.6. The molecular weight excluding hydrogens is 604 g/mol. The number of rotatable bonds is 8. The summed E-state index contributed by atoms with van der Waals surface area (Å²) in [7, 11) is 0. The summed E-state index contributed by atoms with van der Waals surface area (Å²) in [5.41, 5.74) is 13.7. The Hall–Kier alpha value is -5.91. The van der Waals surface area contributed by atoms with Crippen LogP contribution < -0.4 is 21.7 Å². The molecule has 2 heterocycles. The monoisotopic (exact) mass is 637 g/mol. The number of aryl methyl sites for hydroxylation is 1. The summed E-state index contributed by atoms with van der Waals surface area (Å²) in [5, 5.41) is 7.72. The van der Waals surface area contributed by atoms with Crippen molar-refractivity contribution in [3.8, 4) is 16.9 Å². The van der Waals surface area contributed by atoms with E-state index in [-0.39, 0.29) is 34.8 Å². The van der Waals surface area contributed by atoms with E-state index in [1.807, 2.05) is 58.0 Å². The fraction of sp³-hybridized carbons (Fsp3) is 0.171. The number of para-hydroxylation sites is 1. The topological polar surface area (TPSA) is 149 Å². The van der Waals surface area contributed by atoms with Gasteiger partial charge in [0.25, 0.3) is 5.91 Å². The van der Waals surface area contributed by atoms with Gasteiger partial charge in [-0.2, -0.15) is 5.10 Å². The molecule has 0 bridgehead atoms. The minimum absolute atomic E-state index is 0.0209.